The van der Waals surface area contributed by atoms with E-state index in [-0.39, 0.29) is 41.8 Å². The number of pyridine rings is 1. The number of carbonyl (C=O) groups is 3. The fourth-order valence-corrected chi connectivity index (χ4v) is 5.04. The third kappa shape index (κ3) is 6.74. The lowest BCUT2D eigenvalue weighted by Gasteiger charge is -2.24. The van der Waals surface area contributed by atoms with Crippen molar-refractivity contribution in [2.75, 3.05) is 13.1 Å². The van der Waals surface area contributed by atoms with Crippen LogP contribution in [0.2, 0.25) is 0 Å². The Kier molecular flexibility index (Phi) is 8.06. The van der Waals surface area contributed by atoms with Crippen molar-refractivity contribution in [1.29, 1.82) is 5.41 Å². The van der Waals surface area contributed by atoms with Gasteiger partial charge in [-0.3, -0.25) is 19.8 Å². The van der Waals surface area contributed by atoms with Crippen LogP contribution in [0.15, 0.2) is 60.1 Å². The number of nitrogens with zero attached hydrogens (tertiary/aromatic N) is 2. The summed E-state index contributed by atoms with van der Waals surface area (Å²) in [6, 6.07) is 13.5. The number of nitrogens with one attached hydrogen (secondary N) is 3. The van der Waals surface area contributed by atoms with Gasteiger partial charge in [-0.1, -0.05) is 32.0 Å². The zero-order valence-corrected chi connectivity index (χ0v) is 22.0. The molecule has 3 aromatic rings. The minimum Gasteiger partial charge on any atom is -0.456 e. The monoisotopic (exact) mass is 534 g/mol. The Hall–Kier alpha value is -4.25. The number of para-hydroxylation sites is 1. The maximum Gasteiger partial charge on any atom is 0.270 e. The molecule has 3 amide bonds. The second-order valence-electron chi connectivity index (χ2n) is 9.82. The van der Waals surface area contributed by atoms with Gasteiger partial charge in [0, 0.05) is 22.4 Å². The molecule has 0 saturated carbocycles. The van der Waals surface area contributed by atoms with Crippen molar-refractivity contribution in [3.63, 3.8) is 0 Å². The summed E-state index contributed by atoms with van der Waals surface area (Å²) in [5.41, 5.74) is 6.02. The summed E-state index contributed by atoms with van der Waals surface area (Å²) >= 11 is 1.40. The van der Waals surface area contributed by atoms with E-state index in [0.29, 0.717) is 30.0 Å². The summed E-state index contributed by atoms with van der Waals surface area (Å²) in [5.74, 6) is 0.00848. The maximum absolute atomic E-state index is 13.0. The van der Waals surface area contributed by atoms with Crippen LogP contribution in [0.25, 0.3) is 0 Å². The Morgan fingerprint density at radius 1 is 1.16 bits per heavy atom. The Morgan fingerprint density at radius 3 is 2.58 bits per heavy atom. The fourth-order valence-electron chi connectivity index (χ4n) is 4.22. The van der Waals surface area contributed by atoms with Crippen LogP contribution in [0.3, 0.4) is 0 Å². The summed E-state index contributed by atoms with van der Waals surface area (Å²) in [6.07, 6.45) is 1.95. The predicted molar refractivity (Wildman–Crippen MR) is 144 cm³/mol. The molecule has 0 aliphatic carbocycles. The molecule has 0 unspecified atom stereocenters. The van der Waals surface area contributed by atoms with E-state index in [1.54, 1.807) is 17.5 Å². The summed E-state index contributed by atoms with van der Waals surface area (Å²) in [7, 11) is 0. The average Bonchev–Trinajstić information content (AvgIpc) is 3.51. The number of benzene rings is 1. The topological polar surface area (TPSA) is 150 Å². The number of likely N-dealkylation sites (tertiary alicyclic amines) is 1. The van der Waals surface area contributed by atoms with Crippen molar-refractivity contribution in [3.05, 3.63) is 76.2 Å². The van der Waals surface area contributed by atoms with Crippen LogP contribution in [0.4, 0.5) is 0 Å². The van der Waals surface area contributed by atoms with Gasteiger partial charge in [0.25, 0.3) is 5.91 Å². The second kappa shape index (κ2) is 11.4. The van der Waals surface area contributed by atoms with E-state index < -0.39 is 11.9 Å². The lowest BCUT2D eigenvalue weighted by Crippen LogP contribution is -2.48. The van der Waals surface area contributed by atoms with Gasteiger partial charge in [0.05, 0.1) is 19.3 Å². The highest BCUT2D eigenvalue weighted by Crippen LogP contribution is 2.34. The first-order valence-corrected chi connectivity index (χ1v) is 13.0. The van der Waals surface area contributed by atoms with Gasteiger partial charge in [-0.15, -0.1) is 11.3 Å². The van der Waals surface area contributed by atoms with E-state index in [9.17, 15) is 14.4 Å². The lowest BCUT2D eigenvalue weighted by molar-refractivity contribution is -0.137. The number of amides is 3. The highest BCUT2D eigenvalue weighted by molar-refractivity contribution is 7.10. The molecule has 1 atom stereocenters. The molecular weight excluding hydrogens is 504 g/mol. The molecule has 11 heteroatoms. The SMILES string of the molecule is CC1(C)C[C@@H](C(=O)NCc2cc(C(=N)N)cs2)N(C(=O)CNC(=O)c2ccc(Oc3ccccc3)cn2)C1. The molecule has 0 radical (unpaired) electrons. The van der Waals surface area contributed by atoms with Crippen molar-refractivity contribution < 1.29 is 19.1 Å². The standard InChI is InChI=1S/C27H30N6O4S/c1-27(2)11-22(26(36)31-13-20-10-17(15-38-20)24(28)29)33(16-27)23(34)14-32-25(35)21-9-8-19(12-30-21)37-18-6-4-3-5-7-18/h3-10,12,15,22H,11,13-14,16H2,1-2H3,(H3,28,29)(H,31,36)(H,32,35)/t22-/m0/s1. The fraction of sp³-hybridized carbons (Fsp3) is 0.296. The zero-order chi connectivity index (χ0) is 27.3. The molecule has 1 saturated heterocycles. The van der Waals surface area contributed by atoms with Gasteiger partial charge >= 0.3 is 0 Å². The third-order valence-corrected chi connectivity index (χ3v) is 7.03. The quantitative estimate of drug-likeness (QED) is 0.245. The van der Waals surface area contributed by atoms with Gasteiger partial charge in [0.15, 0.2) is 0 Å². The third-order valence-electron chi connectivity index (χ3n) is 6.09. The molecule has 2 aromatic heterocycles. The smallest absolute Gasteiger partial charge is 0.270 e. The number of nitrogen functional groups attached to an aromatic ring is 1. The van der Waals surface area contributed by atoms with Crippen LogP contribution in [0.1, 0.15) is 41.2 Å². The highest BCUT2D eigenvalue weighted by Gasteiger charge is 2.43. The second-order valence-corrected chi connectivity index (χ2v) is 10.8. The summed E-state index contributed by atoms with van der Waals surface area (Å²) in [4.78, 5) is 45.2. The summed E-state index contributed by atoms with van der Waals surface area (Å²) < 4.78 is 5.68. The van der Waals surface area contributed by atoms with Crippen molar-refractivity contribution in [2.24, 2.45) is 11.1 Å². The van der Waals surface area contributed by atoms with Crippen LogP contribution in [0.5, 0.6) is 11.5 Å². The molecule has 0 spiro atoms. The van der Waals surface area contributed by atoms with Gasteiger partial charge in [0.1, 0.15) is 29.1 Å². The number of ether oxygens (including phenoxy) is 1. The number of aromatic nitrogens is 1. The molecule has 3 heterocycles. The van der Waals surface area contributed by atoms with E-state index in [1.165, 1.54) is 28.5 Å². The van der Waals surface area contributed by atoms with E-state index in [4.69, 9.17) is 15.9 Å². The number of thiophene rings is 1. The molecule has 4 rings (SSSR count). The highest BCUT2D eigenvalue weighted by atomic mass is 32.1. The Bertz CT molecular complexity index is 1320. The number of rotatable bonds is 9. The first-order chi connectivity index (χ1) is 18.1. The van der Waals surface area contributed by atoms with Gasteiger partial charge in [-0.05, 0) is 42.2 Å². The molecule has 1 aliphatic rings. The van der Waals surface area contributed by atoms with Crippen LogP contribution in [0, 0.1) is 10.8 Å². The first kappa shape index (κ1) is 26.8. The van der Waals surface area contributed by atoms with Crippen LogP contribution in [-0.4, -0.2) is 52.6 Å². The molecule has 1 aromatic carbocycles. The van der Waals surface area contributed by atoms with E-state index >= 15 is 0 Å². The summed E-state index contributed by atoms with van der Waals surface area (Å²) in [6.45, 7) is 4.43. The molecule has 1 fully saturated rings. The van der Waals surface area contributed by atoms with Crippen LogP contribution < -0.4 is 21.1 Å². The molecule has 1 aliphatic heterocycles. The molecule has 0 bridgehead atoms. The molecular formula is C27H30N6O4S. The van der Waals surface area contributed by atoms with Gasteiger partial charge in [0.2, 0.25) is 11.8 Å². The Balaban J connectivity index is 1.31. The van der Waals surface area contributed by atoms with E-state index in [1.807, 2.05) is 44.2 Å². The molecule has 10 nitrogen and oxygen atoms in total. The van der Waals surface area contributed by atoms with Crippen LogP contribution in [-0.2, 0) is 16.1 Å². The molecule has 198 valence electrons. The number of hydrogen-bond donors (Lipinski definition) is 4. The first-order valence-electron chi connectivity index (χ1n) is 12.1. The number of hydrogen-bond acceptors (Lipinski definition) is 7. The van der Waals surface area contributed by atoms with Crippen LogP contribution >= 0.6 is 11.3 Å². The molecule has 5 N–H and O–H groups in total. The van der Waals surface area contributed by atoms with Gasteiger partial charge in [-0.2, -0.15) is 0 Å². The van der Waals surface area contributed by atoms with Gasteiger partial charge in [-0.25, -0.2) is 4.98 Å². The minimum atomic E-state index is -0.644. The van der Waals surface area contributed by atoms with E-state index in [2.05, 4.69) is 15.6 Å². The van der Waals surface area contributed by atoms with Crippen molar-refractivity contribution >= 4 is 34.9 Å². The number of nitrogens with two attached hydrogens (primary N) is 1. The predicted octanol–water partition coefficient (Wildman–Crippen LogP) is 2.89. The maximum atomic E-state index is 13.0. The normalized spacial score (nSPS) is 16.1. The summed E-state index contributed by atoms with van der Waals surface area (Å²) in [5, 5.41) is 14.8. The minimum absolute atomic E-state index is 0.0261. The number of carbonyl (C=O) groups excluding carboxylic acids is 3. The Labute approximate surface area is 224 Å². The van der Waals surface area contributed by atoms with Gasteiger partial charge < -0.3 is 26.0 Å². The largest absolute Gasteiger partial charge is 0.456 e. The molecule has 38 heavy (non-hydrogen) atoms. The Morgan fingerprint density at radius 2 is 1.92 bits per heavy atom. The average molecular weight is 535 g/mol. The lowest BCUT2D eigenvalue weighted by atomic mass is 9.90. The van der Waals surface area contributed by atoms with Crippen molar-refractivity contribution in [1.82, 2.24) is 20.5 Å². The zero-order valence-electron chi connectivity index (χ0n) is 21.2. The van der Waals surface area contributed by atoms with Crippen molar-refractivity contribution in [3.8, 4) is 11.5 Å². The number of amidine groups is 1. The van der Waals surface area contributed by atoms with Crippen molar-refractivity contribution in [2.45, 2.75) is 32.9 Å². The van der Waals surface area contributed by atoms with E-state index in [0.717, 1.165) is 4.88 Å².